The first kappa shape index (κ1) is 10.8. The molecule has 0 radical (unpaired) electrons. The topological polar surface area (TPSA) is 3.24 Å². The first-order valence-electron chi connectivity index (χ1n) is 5.58. The number of piperidine rings is 1. The molecule has 0 aromatic heterocycles. The van der Waals surface area contributed by atoms with E-state index in [1.807, 2.05) is 0 Å². The van der Waals surface area contributed by atoms with Crippen LogP contribution in [0.15, 0.2) is 11.6 Å². The highest BCUT2D eigenvalue weighted by atomic mass is 15.1. The molecule has 0 spiro atoms. The number of hydrogen-bond acceptors (Lipinski definition) is 1. The van der Waals surface area contributed by atoms with Gasteiger partial charge in [0.05, 0.1) is 0 Å². The lowest BCUT2D eigenvalue weighted by molar-refractivity contribution is 0.198. The lowest BCUT2D eigenvalue weighted by Gasteiger charge is -2.30. The molecule has 1 fully saturated rings. The van der Waals surface area contributed by atoms with E-state index >= 15 is 0 Å². The fourth-order valence-electron chi connectivity index (χ4n) is 1.89. The van der Waals surface area contributed by atoms with E-state index < -0.39 is 0 Å². The fourth-order valence-corrected chi connectivity index (χ4v) is 1.89. The van der Waals surface area contributed by atoms with Gasteiger partial charge in [0.25, 0.3) is 0 Å². The minimum atomic E-state index is 1.00. The highest BCUT2D eigenvalue weighted by Crippen LogP contribution is 2.19. The number of nitrogens with zero attached hydrogens (tertiary/aromatic N) is 1. The molecular weight excluding hydrogens is 158 g/mol. The minimum Gasteiger partial charge on any atom is -0.300 e. The second-order valence-electron chi connectivity index (χ2n) is 4.43. The molecular formula is C12H23N. The van der Waals surface area contributed by atoms with Crippen molar-refractivity contribution in [3.05, 3.63) is 11.6 Å². The Morgan fingerprint density at radius 1 is 1.31 bits per heavy atom. The van der Waals surface area contributed by atoms with Crippen molar-refractivity contribution in [2.45, 2.75) is 40.0 Å². The van der Waals surface area contributed by atoms with Crippen LogP contribution in [0.1, 0.15) is 40.0 Å². The third kappa shape index (κ3) is 3.95. The van der Waals surface area contributed by atoms with Gasteiger partial charge in [-0.3, -0.25) is 4.90 Å². The van der Waals surface area contributed by atoms with Gasteiger partial charge in [-0.05, 0) is 45.7 Å². The van der Waals surface area contributed by atoms with Crippen LogP contribution in [0.3, 0.4) is 0 Å². The van der Waals surface area contributed by atoms with Crippen LogP contribution in [0.2, 0.25) is 0 Å². The van der Waals surface area contributed by atoms with Crippen LogP contribution in [0, 0.1) is 5.92 Å². The molecule has 0 aliphatic carbocycles. The van der Waals surface area contributed by atoms with Gasteiger partial charge in [-0.15, -0.1) is 0 Å². The SMILES string of the molecule is CCC1CCN(CC=C(C)C)CC1. The standard InChI is InChI=1S/C12H23N/c1-4-12-6-9-13(10-7-12)8-5-11(2)3/h5,12H,4,6-10H2,1-3H3. The van der Waals surface area contributed by atoms with Crippen molar-refractivity contribution in [2.75, 3.05) is 19.6 Å². The Balaban J connectivity index is 2.21. The number of allylic oxidation sites excluding steroid dienone is 1. The molecule has 1 rings (SSSR count). The first-order valence-corrected chi connectivity index (χ1v) is 5.58. The fraction of sp³-hybridized carbons (Fsp3) is 0.833. The Kier molecular flexibility index (Phi) is 4.51. The highest BCUT2D eigenvalue weighted by Gasteiger charge is 2.16. The molecule has 76 valence electrons. The predicted molar refractivity (Wildman–Crippen MR) is 58.9 cm³/mol. The summed E-state index contributed by atoms with van der Waals surface area (Å²) in [5, 5.41) is 0. The molecule has 0 N–H and O–H groups in total. The maximum absolute atomic E-state index is 2.57. The molecule has 1 saturated heterocycles. The van der Waals surface area contributed by atoms with E-state index in [9.17, 15) is 0 Å². The monoisotopic (exact) mass is 181 g/mol. The molecule has 0 saturated carbocycles. The quantitative estimate of drug-likeness (QED) is 0.605. The van der Waals surface area contributed by atoms with Crippen molar-refractivity contribution >= 4 is 0 Å². The van der Waals surface area contributed by atoms with Crippen molar-refractivity contribution in [1.29, 1.82) is 0 Å². The summed E-state index contributed by atoms with van der Waals surface area (Å²) in [5.41, 5.74) is 1.44. The molecule has 1 heterocycles. The predicted octanol–water partition coefficient (Wildman–Crippen LogP) is 3.07. The third-order valence-electron chi connectivity index (χ3n) is 3.04. The summed E-state index contributed by atoms with van der Waals surface area (Å²) in [5.74, 6) is 1.00. The van der Waals surface area contributed by atoms with Gasteiger partial charge in [0.2, 0.25) is 0 Å². The van der Waals surface area contributed by atoms with Gasteiger partial charge in [-0.25, -0.2) is 0 Å². The molecule has 0 aromatic rings. The smallest absolute Gasteiger partial charge is 0.0165 e. The maximum Gasteiger partial charge on any atom is 0.0165 e. The Bertz CT molecular complexity index is 160. The van der Waals surface area contributed by atoms with Crippen LogP contribution in [-0.2, 0) is 0 Å². The van der Waals surface area contributed by atoms with E-state index in [0.717, 1.165) is 5.92 Å². The molecule has 0 aromatic carbocycles. The average molecular weight is 181 g/mol. The molecule has 1 aliphatic heterocycles. The van der Waals surface area contributed by atoms with Crippen molar-refractivity contribution < 1.29 is 0 Å². The summed E-state index contributed by atoms with van der Waals surface area (Å²) in [6.45, 7) is 10.5. The third-order valence-corrected chi connectivity index (χ3v) is 3.04. The van der Waals surface area contributed by atoms with E-state index in [1.54, 1.807) is 0 Å². The Morgan fingerprint density at radius 2 is 1.92 bits per heavy atom. The Hall–Kier alpha value is -0.300. The van der Waals surface area contributed by atoms with Gasteiger partial charge >= 0.3 is 0 Å². The average Bonchev–Trinajstić information content (AvgIpc) is 2.15. The lowest BCUT2D eigenvalue weighted by Crippen LogP contribution is -2.33. The van der Waals surface area contributed by atoms with Crippen molar-refractivity contribution in [3.63, 3.8) is 0 Å². The summed E-state index contributed by atoms with van der Waals surface area (Å²) in [7, 11) is 0. The van der Waals surface area contributed by atoms with Gasteiger partial charge in [-0.2, -0.15) is 0 Å². The second kappa shape index (κ2) is 5.43. The van der Waals surface area contributed by atoms with Crippen molar-refractivity contribution in [2.24, 2.45) is 5.92 Å². The van der Waals surface area contributed by atoms with Crippen molar-refractivity contribution in [1.82, 2.24) is 4.90 Å². The molecule has 0 amide bonds. The van der Waals surface area contributed by atoms with Gasteiger partial charge in [0.1, 0.15) is 0 Å². The van der Waals surface area contributed by atoms with Crippen LogP contribution >= 0.6 is 0 Å². The van der Waals surface area contributed by atoms with E-state index in [-0.39, 0.29) is 0 Å². The van der Waals surface area contributed by atoms with Crippen LogP contribution in [0.25, 0.3) is 0 Å². The molecule has 0 unspecified atom stereocenters. The summed E-state index contributed by atoms with van der Waals surface area (Å²) in [6, 6.07) is 0. The molecule has 13 heavy (non-hydrogen) atoms. The molecule has 1 nitrogen and oxygen atoms in total. The van der Waals surface area contributed by atoms with Crippen LogP contribution in [-0.4, -0.2) is 24.5 Å². The number of rotatable bonds is 3. The van der Waals surface area contributed by atoms with Crippen LogP contribution < -0.4 is 0 Å². The second-order valence-corrected chi connectivity index (χ2v) is 4.43. The van der Waals surface area contributed by atoms with Gasteiger partial charge < -0.3 is 0 Å². The molecule has 0 atom stereocenters. The summed E-state index contributed by atoms with van der Waals surface area (Å²) in [6.07, 6.45) is 6.53. The Morgan fingerprint density at radius 3 is 2.38 bits per heavy atom. The van der Waals surface area contributed by atoms with Gasteiger partial charge in [0.15, 0.2) is 0 Å². The molecule has 1 heteroatoms. The largest absolute Gasteiger partial charge is 0.300 e. The molecule has 0 bridgehead atoms. The zero-order chi connectivity index (χ0) is 9.68. The maximum atomic E-state index is 2.57. The normalized spacial score (nSPS) is 20.2. The van der Waals surface area contributed by atoms with Gasteiger partial charge in [-0.1, -0.05) is 25.0 Å². The number of hydrogen-bond donors (Lipinski definition) is 0. The van der Waals surface area contributed by atoms with E-state index in [1.165, 1.54) is 44.5 Å². The van der Waals surface area contributed by atoms with Crippen LogP contribution in [0.5, 0.6) is 0 Å². The zero-order valence-electron chi connectivity index (χ0n) is 9.34. The lowest BCUT2D eigenvalue weighted by atomic mass is 9.94. The zero-order valence-corrected chi connectivity index (χ0v) is 9.34. The van der Waals surface area contributed by atoms with E-state index in [0.29, 0.717) is 0 Å². The van der Waals surface area contributed by atoms with Crippen LogP contribution in [0.4, 0.5) is 0 Å². The summed E-state index contributed by atoms with van der Waals surface area (Å²) in [4.78, 5) is 2.57. The van der Waals surface area contributed by atoms with E-state index in [2.05, 4.69) is 31.7 Å². The minimum absolute atomic E-state index is 1.00. The van der Waals surface area contributed by atoms with Gasteiger partial charge in [0, 0.05) is 6.54 Å². The number of likely N-dealkylation sites (tertiary alicyclic amines) is 1. The summed E-state index contributed by atoms with van der Waals surface area (Å²) < 4.78 is 0. The highest BCUT2D eigenvalue weighted by molar-refractivity contribution is 4.95. The first-order chi connectivity index (χ1) is 6.22. The van der Waals surface area contributed by atoms with Crippen molar-refractivity contribution in [3.8, 4) is 0 Å². The Labute approximate surface area is 82.8 Å². The summed E-state index contributed by atoms with van der Waals surface area (Å²) >= 11 is 0. The molecule has 1 aliphatic rings. The van der Waals surface area contributed by atoms with E-state index in [4.69, 9.17) is 0 Å².